The number of halogens is 4. The van der Waals surface area contributed by atoms with Crippen molar-refractivity contribution < 1.29 is 23.4 Å². The SMILES string of the molecule is C[C@@H](O)c1nc2c(F)c(-c3cccc(Cl)c3Cl)c(CCC#N)cc2c2c1cc([C@H]1C[C@H](Oc3cc(F)ccn3)CN1C(=O)C1CC1)n2[C@H]1C2CNC1C2. The van der Waals surface area contributed by atoms with Crippen LogP contribution in [-0.4, -0.2) is 55.7 Å². The molecule has 0 radical (unpaired) electrons. The predicted molar refractivity (Wildman–Crippen MR) is 197 cm³/mol. The number of nitrogens with one attached hydrogen (secondary N) is 1. The lowest BCUT2D eigenvalue weighted by Gasteiger charge is -2.39. The Kier molecular flexibility index (Phi) is 8.58. The Bertz CT molecular complexity index is 2340. The second-order valence-electron chi connectivity index (χ2n) is 14.8. The fourth-order valence-electron chi connectivity index (χ4n) is 8.88. The van der Waals surface area contributed by atoms with Crippen molar-refractivity contribution in [1.82, 2.24) is 24.8 Å². The van der Waals surface area contributed by atoms with Crippen molar-refractivity contribution >= 4 is 50.9 Å². The summed E-state index contributed by atoms with van der Waals surface area (Å²) in [6.07, 6.45) is 3.30. The van der Waals surface area contributed by atoms with Gasteiger partial charge in [0, 0.05) is 71.2 Å². The Balaban J connectivity index is 1.29. The van der Waals surface area contributed by atoms with Crippen molar-refractivity contribution in [3.63, 3.8) is 0 Å². The van der Waals surface area contributed by atoms with Crippen LogP contribution in [0.25, 0.3) is 32.9 Å². The minimum atomic E-state index is -1.05. The zero-order chi connectivity index (χ0) is 36.7. The van der Waals surface area contributed by atoms with Crippen LogP contribution in [0, 0.1) is 34.8 Å². The normalized spacial score (nSPS) is 24.1. The van der Waals surface area contributed by atoms with Crippen LogP contribution in [0.4, 0.5) is 8.78 Å². The first-order chi connectivity index (χ1) is 25.6. The van der Waals surface area contributed by atoms with Crippen LogP contribution >= 0.6 is 23.2 Å². The fraction of sp³-hybridized carbons (Fsp3) is 0.400. The molecule has 3 aromatic heterocycles. The molecule has 2 aromatic carbocycles. The van der Waals surface area contributed by atoms with Gasteiger partial charge in [-0.2, -0.15) is 5.26 Å². The second-order valence-corrected chi connectivity index (χ2v) is 15.6. The monoisotopic (exact) mass is 756 g/mol. The lowest BCUT2D eigenvalue weighted by Crippen LogP contribution is -2.41. The average molecular weight is 758 g/mol. The molecule has 6 heterocycles. The lowest BCUT2D eigenvalue weighted by atomic mass is 9.79. The van der Waals surface area contributed by atoms with Crippen LogP contribution in [0.3, 0.4) is 0 Å². The number of nitriles is 1. The number of ether oxygens (including phenoxy) is 1. The van der Waals surface area contributed by atoms with Crippen molar-refractivity contribution in [3.05, 3.63) is 87.3 Å². The van der Waals surface area contributed by atoms with E-state index < -0.39 is 29.9 Å². The van der Waals surface area contributed by atoms with E-state index in [1.54, 1.807) is 25.1 Å². The number of carbonyl (C=O) groups is 1. The number of carbonyl (C=O) groups excluding carboxylic acids is 1. The number of aliphatic hydroxyl groups is 1. The number of aliphatic hydroxyl groups excluding tert-OH is 1. The van der Waals surface area contributed by atoms with E-state index in [4.69, 9.17) is 32.9 Å². The fourth-order valence-corrected chi connectivity index (χ4v) is 9.28. The zero-order valence-corrected chi connectivity index (χ0v) is 30.3. The van der Waals surface area contributed by atoms with Gasteiger partial charge in [-0.05, 0) is 68.4 Å². The Labute approximate surface area is 314 Å². The van der Waals surface area contributed by atoms with Crippen LogP contribution in [0.5, 0.6) is 5.88 Å². The number of nitrogens with zero attached hydrogens (tertiary/aromatic N) is 5. The predicted octanol–water partition coefficient (Wildman–Crippen LogP) is 8.01. The smallest absolute Gasteiger partial charge is 0.226 e. The van der Waals surface area contributed by atoms with E-state index in [0.717, 1.165) is 37.0 Å². The van der Waals surface area contributed by atoms with Gasteiger partial charge in [0.15, 0.2) is 5.82 Å². The molecule has 5 aliphatic rings. The molecule has 2 aliphatic carbocycles. The largest absolute Gasteiger partial charge is 0.472 e. The number of hydrogen-bond acceptors (Lipinski definition) is 7. The Morgan fingerprint density at radius 2 is 2.00 bits per heavy atom. The summed E-state index contributed by atoms with van der Waals surface area (Å²) in [5.74, 6) is -0.639. The number of fused-ring (bicyclic) bond motifs is 4. The molecule has 5 fully saturated rings. The highest BCUT2D eigenvalue weighted by molar-refractivity contribution is 6.43. The standard InChI is InChI=1S/C40H36Cl2F2N6O3/c1-19(51)36-27-16-31(30-15-24(18-49(30)40(52)20-7-8-20)53-32-14-23(43)9-11-46-32)50(38-22-13-29(38)47-17-22)39(27)26-12-21(4-3-10-45)33(35(44)37(26)48-36)25-5-2-6-28(41)34(25)42/h2,5-6,9,11-12,14,16,19-20,22,24,29-30,38,47,51H,3-4,7-8,13,15,17-18H2,1H3/t19-,22?,24+,29?,30-,38+/m1/s1. The molecule has 2 unspecified atom stereocenters. The third-order valence-corrected chi connectivity index (χ3v) is 12.3. The molecular weight excluding hydrogens is 721 g/mol. The molecule has 5 aromatic rings. The summed E-state index contributed by atoms with van der Waals surface area (Å²) in [4.78, 5) is 24.9. The van der Waals surface area contributed by atoms with E-state index in [1.165, 1.54) is 18.3 Å². The molecule has 2 N–H and O–H groups in total. The highest BCUT2D eigenvalue weighted by Crippen LogP contribution is 2.51. The van der Waals surface area contributed by atoms with Crippen LogP contribution in [0.1, 0.15) is 74.2 Å². The van der Waals surface area contributed by atoms with Crippen LogP contribution in [-0.2, 0) is 11.2 Å². The Hall–Kier alpha value is -4.34. The van der Waals surface area contributed by atoms with E-state index in [-0.39, 0.29) is 63.8 Å². The minimum absolute atomic E-state index is 0.00495. The molecule has 13 heteroatoms. The molecule has 3 saturated heterocycles. The molecule has 2 saturated carbocycles. The van der Waals surface area contributed by atoms with Gasteiger partial charge in [0.25, 0.3) is 0 Å². The summed E-state index contributed by atoms with van der Waals surface area (Å²) in [5, 5.41) is 26.2. The zero-order valence-electron chi connectivity index (χ0n) is 28.8. The molecule has 1 amide bonds. The van der Waals surface area contributed by atoms with Gasteiger partial charge in [-0.25, -0.2) is 18.7 Å². The first-order valence-electron chi connectivity index (χ1n) is 18.1. The van der Waals surface area contributed by atoms with E-state index in [0.29, 0.717) is 46.5 Å². The van der Waals surface area contributed by atoms with Gasteiger partial charge in [-0.3, -0.25) is 4.79 Å². The maximum absolute atomic E-state index is 17.3. The van der Waals surface area contributed by atoms with Gasteiger partial charge in [-0.15, -0.1) is 0 Å². The molecule has 6 atom stereocenters. The van der Waals surface area contributed by atoms with Crippen molar-refractivity contribution in [1.29, 1.82) is 5.26 Å². The van der Waals surface area contributed by atoms with Gasteiger partial charge in [0.05, 0.1) is 52.1 Å². The molecule has 53 heavy (non-hydrogen) atoms. The molecule has 272 valence electrons. The first-order valence-corrected chi connectivity index (χ1v) is 18.9. The van der Waals surface area contributed by atoms with E-state index in [2.05, 4.69) is 20.9 Å². The van der Waals surface area contributed by atoms with Crippen LogP contribution in [0.15, 0.2) is 48.7 Å². The summed E-state index contributed by atoms with van der Waals surface area (Å²) >= 11 is 13.1. The highest BCUT2D eigenvalue weighted by atomic mass is 35.5. The number of aromatic nitrogens is 3. The number of likely N-dealkylation sites (tertiary alicyclic amines) is 1. The molecular formula is C40H36Cl2F2N6O3. The number of aryl methyl sites for hydroxylation is 1. The molecule has 0 spiro atoms. The van der Waals surface area contributed by atoms with Gasteiger partial charge in [-0.1, -0.05) is 35.3 Å². The average Bonchev–Trinajstić information content (AvgIpc) is 3.42. The Morgan fingerprint density at radius 1 is 1.17 bits per heavy atom. The lowest BCUT2D eigenvalue weighted by molar-refractivity contribution is -0.133. The van der Waals surface area contributed by atoms with Gasteiger partial charge in [0.1, 0.15) is 17.4 Å². The number of amides is 1. The minimum Gasteiger partial charge on any atom is -0.472 e. The van der Waals surface area contributed by atoms with Crippen molar-refractivity contribution in [2.45, 2.75) is 75.8 Å². The number of benzene rings is 2. The maximum Gasteiger partial charge on any atom is 0.226 e. The van der Waals surface area contributed by atoms with Gasteiger partial charge in [0.2, 0.25) is 11.8 Å². The topological polar surface area (TPSA) is 116 Å². The second kappa shape index (κ2) is 13.2. The Morgan fingerprint density at radius 3 is 2.70 bits per heavy atom. The maximum atomic E-state index is 17.3. The third kappa shape index (κ3) is 5.73. The van der Waals surface area contributed by atoms with E-state index >= 15 is 4.39 Å². The number of pyridine rings is 2. The van der Waals surface area contributed by atoms with Gasteiger partial charge >= 0.3 is 0 Å². The molecule has 2 bridgehead atoms. The summed E-state index contributed by atoms with van der Waals surface area (Å²) in [5.41, 5.74) is 3.15. The first kappa shape index (κ1) is 34.4. The number of hydrogen-bond donors (Lipinski definition) is 2. The van der Waals surface area contributed by atoms with Crippen molar-refractivity contribution in [2.24, 2.45) is 11.8 Å². The summed E-state index contributed by atoms with van der Waals surface area (Å²) in [6.45, 7) is 2.74. The molecule has 3 aliphatic heterocycles. The third-order valence-electron chi connectivity index (χ3n) is 11.5. The quantitative estimate of drug-likeness (QED) is 0.157. The summed E-state index contributed by atoms with van der Waals surface area (Å²) in [6, 6.07) is 13.4. The van der Waals surface area contributed by atoms with Crippen molar-refractivity contribution in [3.8, 4) is 23.1 Å². The summed E-state index contributed by atoms with van der Waals surface area (Å²) < 4.78 is 39.9. The van der Waals surface area contributed by atoms with Crippen molar-refractivity contribution in [2.75, 3.05) is 13.1 Å². The van der Waals surface area contributed by atoms with E-state index in [1.807, 2.05) is 17.0 Å². The summed E-state index contributed by atoms with van der Waals surface area (Å²) in [7, 11) is 0. The van der Waals surface area contributed by atoms with E-state index in [9.17, 15) is 19.6 Å². The van der Waals surface area contributed by atoms with Crippen LogP contribution in [0.2, 0.25) is 10.0 Å². The highest BCUT2D eigenvalue weighted by Gasteiger charge is 2.51. The van der Waals surface area contributed by atoms with Crippen LogP contribution < -0.4 is 10.1 Å². The van der Waals surface area contributed by atoms with Gasteiger partial charge < -0.3 is 24.6 Å². The number of rotatable bonds is 9. The molecule has 9 nitrogen and oxygen atoms in total. The molecule has 10 rings (SSSR count).